The van der Waals surface area contributed by atoms with Gasteiger partial charge >= 0.3 is 0 Å². The molecule has 0 aromatic rings. The molecule has 0 nitrogen and oxygen atoms in total. The van der Waals surface area contributed by atoms with Gasteiger partial charge in [0.2, 0.25) is 0 Å². The molecular weight excluding hydrogens is 136 g/mol. The van der Waals surface area contributed by atoms with Gasteiger partial charge in [-0.25, -0.2) is 0 Å². The zero-order chi connectivity index (χ0) is 8.20. The Balaban J connectivity index is 4.19. The Morgan fingerprint density at radius 3 is 2.10 bits per heavy atom. The lowest BCUT2D eigenvalue weighted by molar-refractivity contribution is 1.52. The molecule has 0 N–H and O–H groups in total. The highest BCUT2D eigenvalue weighted by molar-refractivity contribution is 6.83. The van der Waals surface area contributed by atoms with Gasteiger partial charge in [-0.05, 0) is 19.4 Å². The molecule has 0 aliphatic heterocycles. The van der Waals surface area contributed by atoms with Crippen LogP contribution in [0.1, 0.15) is 13.8 Å². The summed E-state index contributed by atoms with van der Waals surface area (Å²) in [5, 5.41) is 0. The molecule has 0 radical (unpaired) electrons. The van der Waals surface area contributed by atoms with Gasteiger partial charge < -0.3 is 0 Å². The van der Waals surface area contributed by atoms with Crippen LogP contribution >= 0.6 is 0 Å². The smallest absolute Gasteiger partial charge is 0.127 e. The number of hydrogen-bond donors (Lipinski definition) is 0. The van der Waals surface area contributed by atoms with Crippen LogP contribution in [0.25, 0.3) is 0 Å². The Morgan fingerprint density at radius 2 is 1.80 bits per heavy atom. The molecule has 0 aliphatic rings. The molecule has 0 heterocycles. The van der Waals surface area contributed by atoms with Crippen molar-refractivity contribution in [1.29, 1.82) is 0 Å². The van der Waals surface area contributed by atoms with E-state index in [1.165, 1.54) is 5.57 Å². The number of rotatable bonds is 0. The number of hydrogen-bond acceptors (Lipinski definition) is 0. The topological polar surface area (TPSA) is 0 Å². The molecule has 10 heavy (non-hydrogen) atoms. The summed E-state index contributed by atoms with van der Waals surface area (Å²) in [6.07, 6.45) is 2.05. The summed E-state index contributed by atoms with van der Waals surface area (Å²) in [4.78, 5) is 0. The van der Waals surface area contributed by atoms with Crippen molar-refractivity contribution in [2.75, 3.05) is 0 Å². The van der Waals surface area contributed by atoms with E-state index >= 15 is 0 Å². The van der Waals surface area contributed by atoms with Crippen molar-refractivity contribution in [1.82, 2.24) is 0 Å². The minimum absolute atomic E-state index is 1.14. The second-order valence-corrected chi connectivity index (χ2v) is 8.22. The van der Waals surface area contributed by atoms with Crippen LogP contribution in [0.3, 0.4) is 0 Å². The fourth-order valence-corrected chi connectivity index (χ4v) is 0.930. The molecule has 0 unspecified atom stereocenters. The lowest BCUT2D eigenvalue weighted by atomic mass is 10.3. The summed E-state index contributed by atoms with van der Waals surface area (Å²) in [7, 11) is -1.14. The monoisotopic (exact) mass is 152 g/mol. The van der Waals surface area contributed by atoms with E-state index in [2.05, 4.69) is 31.1 Å². The highest BCUT2D eigenvalue weighted by Gasteiger charge is 2.06. The molecule has 0 fully saturated rings. The maximum absolute atomic E-state index is 3.29. The third-order valence-corrected chi connectivity index (χ3v) is 1.94. The van der Waals surface area contributed by atoms with E-state index in [0.717, 1.165) is 0 Å². The third kappa shape index (κ3) is 5.65. The molecule has 0 bridgehead atoms. The van der Waals surface area contributed by atoms with Crippen LogP contribution in [-0.4, -0.2) is 8.07 Å². The Labute approximate surface area is 65.3 Å². The van der Waals surface area contributed by atoms with Crippen molar-refractivity contribution in [2.24, 2.45) is 0 Å². The average Bonchev–Trinajstić information content (AvgIpc) is 1.81. The second-order valence-electron chi connectivity index (χ2n) is 3.47. The van der Waals surface area contributed by atoms with Crippen LogP contribution in [0.4, 0.5) is 0 Å². The zero-order valence-corrected chi connectivity index (χ0v) is 8.58. The fraction of sp³-hybridized carbons (Fsp3) is 0.556. The van der Waals surface area contributed by atoms with Crippen LogP contribution in [-0.2, 0) is 0 Å². The summed E-state index contributed by atoms with van der Waals surface area (Å²) in [5.74, 6) is 3.15. The van der Waals surface area contributed by atoms with E-state index < -0.39 is 8.07 Å². The molecule has 0 atom stereocenters. The first kappa shape index (κ1) is 9.52. The fourth-order valence-electron chi connectivity index (χ4n) is 0.358. The van der Waals surface area contributed by atoms with Crippen molar-refractivity contribution in [3.63, 3.8) is 0 Å². The third-order valence-electron chi connectivity index (χ3n) is 1.07. The largest absolute Gasteiger partial charge is 0.129 e. The van der Waals surface area contributed by atoms with Gasteiger partial charge in [0.25, 0.3) is 0 Å². The summed E-state index contributed by atoms with van der Waals surface area (Å²) in [6, 6.07) is 0. The minimum Gasteiger partial charge on any atom is -0.127 e. The first-order valence-corrected chi connectivity index (χ1v) is 7.12. The van der Waals surface area contributed by atoms with E-state index in [0.29, 0.717) is 0 Å². The first-order chi connectivity index (χ1) is 4.45. The highest BCUT2D eigenvalue weighted by atomic mass is 28.3. The molecule has 0 spiro atoms. The van der Waals surface area contributed by atoms with Crippen LogP contribution < -0.4 is 0 Å². The first-order valence-electron chi connectivity index (χ1n) is 3.62. The van der Waals surface area contributed by atoms with E-state index in [1.54, 1.807) is 0 Å². The average molecular weight is 152 g/mol. The zero-order valence-electron chi connectivity index (χ0n) is 7.58. The molecule has 56 valence electrons. The predicted octanol–water partition coefficient (Wildman–Crippen LogP) is 2.83. The van der Waals surface area contributed by atoms with Crippen LogP contribution in [0, 0.1) is 11.5 Å². The van der Waals surface area contributed by atoms with Crippen molar-refractivity contribution in [2.45, 2.75) is 33.5 Å². The van der Waals surface area contributed by atoms with Crippen LogP contribution in [0.5, 0.6) is 0 Å². The predicted molar refractivity (Wildman–Crippen MR) is 50.6 cm³/mol. The summed E-state index contributed by atoms with van der Waals surface area (Å²) < 4.78 is 0. The lowest BCUT2D eigenvalue weighted by Gasteiger charge is -2.02. The highest BCUT2D eigenvalue weighted by Crippen LogP contribution is 1.97. The van der Waals surface area contributed by atoms with Crippen molar-refractivity contribution >= 4 is 8.07 Å². The van der Waals surface area contributed by atoms with Gasteiger partial charge in [0.05, 0.1) is 0 Å². The van der Waals surface area contributed by atoms with E-state index in [4.69, 9.17) is 0 Å². The van der Waals surface area contributed by atoms with Crippen molar-refractivity contribution in [3.05, 3.63) is 11.6 Å². The molecule has 0 saturated carbocycles. The quantitative estimate of drug-likeness (QED) is 0.370. The van der Waals surface area contributed by atoms with Crippen LogP contribution in [0.15, 0.2) is 11.6 Å². The Morgan fingerprint density at radius 1 is 1.30 bits per heavy atom. The van der Waals surface area contributed by atoms with E-state index in [-0.39, 0.29) is 0 Å². The Hall–Kier alpha value is -0.483. The molecular formula is C9H16Si. The molecule has 0 amide bonds. The molecule has 0 aromatic heterocycles. The van der Waals surface area contributed by atoms with Gasteiger partial charge in [0.1, 0.15) is 8.07 Å². The maximum Gasteiger partial charge on any atom is 0.129 e. The summed E-state index contributed by atoms with van der Waals surface area (Å²) >= 11 is 0. The van der Waals surface area contributed by atoms with Gasteiger partial charge in [-0.15, -0.1) is 5.54 Å². The number of allylic oxidation sites excluding steroid dienone is 2. The van der Waals surface area contributed by atoms with Gasteiger partial charge in [-0.3, -0.25) is 0 Å². The van der Waals surface area contributed by atoms with E-state index in [1.807, 2.05) is 19.9 Å². The summed E-state index contributed by atoms with van der Waals surface area (Å²) in [5.41, 5.74) is 4.48. The maximum atomic E-state index is 3.29. The van der Waals surface area contributed by atoms with Gasteiger partial charge in [-0.2, -0.15) is 0 Å². The van der Waals surface area contributed by atoms with Gasteiger partial charge in [0, 0.05) is 0 Å². The molecule has 1 heteroatoms. The van der Waals surface area contributed by atoms with Crippen LogP contribution in [0.2, 0.25) is 19.6 Å². The van der Waals surface area contributed by atoms with Gasteiger partial charge in [0.15, 0.2) is 0 Å². The van der Waals surface area contributed by atoms with Crippen molar-refractivity contribution in [3.8, 4) is 11.5 Å². The summed E-state index contributed by atoms with van der Waals surface area (Å²) in [6.45, 7) is 10.8. The Kier molecular flexibility index (Phi) is 3.45. The SMILES string of the molecule is C/C=C(/C)C#C[Si](C)(C)C. The molecule has 0 aliphatic carbocycles. The molecule has 0 saturated heterocycles. The van der Waals surface area contributed by atoms with E-state index in [9.17, 15) is 0 Å². The molecule has 0 aromatic carbocycles. The molecule has 0 rings (SSSR count). The van der Waals surface area contributed by atoms with Gasteiger partial charge in [-0.1, -0.05) is 31.6 Å². The second kappa shape index (κ2) is 3.63. The van der Waals surface area contributed by atoms with Crippen molar-refractivity contribution < 1.29 is 0 Å². The minimum atomic E-state index is -1.14. The Bertz CT molecular complexity index is 183. The lowest BCUT2D eigenvalue weighted by Crippen LogP contribution is -2.16. The normalized spacial score (nSPS) is 12.3. The standard InChI is InChI=1S/C9H16Si/c1-6-9(2)7-8-10(3,4)5/h6H,1-5H3/b9-6-.